The van der Waals surface area contributed by atoms with Crippen LogP contribution in [0.15, 0.2) is 24.3 Å². The molecule has 13 heteroatoms. The SMILES string of the molecule is CCCCCC/C=C\CCCCCCCCCC(=O)OC[C@H](COP(=O)(O)OCCN)OC(=O)CCCCCC[C@@H]1[C@@H](/C=C/[C@@H](O)CCCCC)[C@H](O)C[C@@H]1O. The molecule has 0 bridgehead atoms. The lowest BCUT2D eigenvalue weighted by Gasteiger charge is -2.21. The molecule has 1 fully saturated rings. The summed E-state index contributed by atoms with van der Waals surface area (Å²) in [6, 6.07) is 0. The van der Waals surface area contributed by atoms with Crippen LogP contribution in [-0.4, -0.2) is 82.9 Å². The second kappa shape index (κ2) is 34.3. The number of rotatable bonds is 37. The molecule has 0 aromatic rings. The number of hydrogen-bond donors (Lipinski definition) is 5. The van der Waals surface area contributed by atoms with Crippen LogP contribution in [0.2, 0.25) is 0 Å². The topological polar surface area (TPSA) is 195 Å². The van der Waals surface area contributed by atoms with Gasteiger partial charge < -0.3 is 35.4 Å². The lowest BCUT2D eigenvalue weighted by atomic mass is 9.88. The third-order valence-electron chi connectivity index (χ3n) is 10.4. The van der Waals surface area contributed by atoms with Gasteiger partial charge in [-0.1, -0.05) is 128 Å². The molecule has 56 heavy (non-hydrogen) atoms. The number of ether oxygens (including phenoxy) is 2. The number of unbranched alkanes of at least 4 members (excludes halogenated alkanes) is 16. The Hall–Kier alpha value is -1.63. The second-order valence-corrected chi connectivity index (χ2v) is 17.0. The number of allylic oxidation sites excluding steroid dienone is 2. The van der Waals surface area contributed by atoms with Crippen LogP contribution in [0.4, 0.5) is 0 Å². The van der Waals surface area contributed by atoms with Crippen molar-refractivity contribution in [2.24, 2.45) is 17.6 Å². The minimum Gasteiger partial charge on any atom is -0.462 e. The molecule has 6 N–H and O–H groups in total. The summed E-state index contributed by atoms with van der Waals surface area (Å²) >= 11 is 0. The molecule has 328 valence electrons. The average Bonchev–Trinajstić information content (AvgIpc) is 3.44. The van der Waals surface area contributed by atoms with Crippen LogP contribution in [0.3, 0.4) is 0 Å². The van der Waals surface area contributed by atoms with Gasteiger partial charge in [-0.15, -0.1) is 0 Å². The van der Waals surface area contributed by atoms with Gasteiger partial charge in [0.05, 0.1) is 31.5 Å². The normalized spacial score (nSPS) is 20.8. The number of aliphatic hydroxyl groups excluding tert-OH is 3. The molecule has 1 aliphatic rings. The minimum atomic E-state index is -4.44. The molecule has 1 unspecified atom stereocenters. The molecule has 0 aromatic heterocycles. The van der Waals surface area contributed by atoms with E-state index in [1.807, 2.05) is 6.08 Å². The van der Waals surface area contributed by atoms with E-state index in [9.17, 15) is 34.4 Å². The first-order valence-corrected chi connectivity index (χ1v) is 23.6. The van der Waals surface area contributed by atoms with Crippen molar-refractivity contribution in [2.75, 3.05) is 26.4 Å². The molecule has 0 heterocycles. The van der Waals surface area contributed by atoms with Crippen LogP contribution in [0.5, 0.6) is 0 Å². The summed E-state index contributed by atoms with van der Waals surface area (Å²) in [5.74, 6) is -1.27. The molecule has 0 aliphatic heterocycles. The maximum Gasteiger partial charge on any atom is 0.472 e. The van der Waals surface area contributed by atoms with E-state index in [1.165, 1.54) is 51.4 Å². The molecule has 0 saturated heterocycles. The molecule has 7 atom stereocenters. The first-order valence-electron chi connectivity index (χ1n) is 22.1. The molecular weight excluding hydrogens is 737 g/mol. The predicted octanol–water partition coefficient (Wildman–Crippen LogP) is 8.77. The second-order valence-electron chi connectivity index (χ2n) is 15.5. The van der Waals surface area contributed by atoms with Crippen molar-refractivity contribution in [2.45, 2.75) is 199 Å². The van der Waals surface area contributed by atoms with E-state index in [4.69, 9.17) is 24.3 Å². The fourth-order valence-corrected chi connectivity index (χ4v) is 7.84. The lowest BCUT2D eigenvalue weighted by molar-refractivity contribution is -0.161. The molecule has 0 spiro atoms. The predicted molar refractivity (Wildman–Crippen MR) is 222 cm³/mol. The fraction of sp³-hybridized carbons (Fsp3) is 0.860. The fourth-order valence-electron chi connectivity index (χ4n) is 7.08. The Balaban J connectivity index is 2.38. The Morgan fingerprint density at radius 2 is 1.32 bits per heavy atom. The number of nitrogens with two attached hydrogens (primary N) is 1. The van der Waals surface area contributed by atoms with E-state index in [1.54, 1.807) is 6.08 Å². The van der Waals surface area contributed by atoms with Crippen molar-refractivity contribution >= 4 is 19.8 Å². The third kappa shape index (κ3) is 27.9. The Bertz CT molecular complexity index is 1090. The van der Waals surface area contributed by atoms with E-state index in [0.717, 1.165) is 70.6 Å². The largest absolute Gasteiger partial charge is 0.472 e. The van der Waals surface area contributed by atoms with Crippen molar-refractivity contribution in [3.63, 3.8) is 0 Å². The van der Waals surface area contributed by atoms with Gasteiger partial charge in [-0.2, -0.15) is 0 Å². The zero-order valence-corrected chi connectivity index (χ0v) is 35.8. The first-order chi connectivity index (χ1) is 27.0. The Morgan fingerprint density at radius 1 is 0.750 bits per heavy atom. The van der Waals surface area contributed by atoms with E-state index in [-0.39, 0.29) is 44.4 Å². The number of aliphatic hydroxyl groups is 3. The van der Waals surface area contributed by atoms with Crippen molar-refractivity contribution in [1.29, 1.82) is 0 Å². The van der Waals surface area contributed by atoms with Crippen molar-refractivity contribution < 1.29 is 52.9 Å². The average molecular weight is 818 g/mol. The number of esters is 2. The minimum absolute atomic E-state index is 0.0188. The van der Waals surface area contributed by atoms with Crippen LogP contribution in [0, 0.1) is 11.8 Å². The van der Waals surface area contributed by atoms with Gasteiger partial charge in [0.1, 0.15) is 6.61 Å². The summed E-state index contributed by atoms with van der Waals surface area (Å²) in [5, 5.41) is 31.4. The third-order valence-corrected chi connectivity index (χ3v) is 11.4. The molecule has 0 amide bonds. The summed E-state index contributed by atoms with van der Waals surface area (Å²) in [4.78, 5) is 35.1. The summed E-state index contributed by atoms with van der Waals surface area (Å²) in [6.07, 6.45) is 28.4. The van der Waals surface area contributed by atoms with E-state index < -0.39 is 50.8 Å². The summed E-state index contributed by atoms with van der Waals surface area (Å²) in [6.45, 7) is 3.37. The smallest absolute Gasteiger partial charge is 0.462 e. The monoisotopic (exact) mass is 818 g/mol. The Morgan fingerprint density at radius 3 is 1.96 bits per heavy atom. The number of carbonyl (C=O) groups is 2. The van der Waals surface area contributed by atoms with Crippen molar-refractivity contribution in [1.82, 2.24) is 0 Å². The number of phosphoric acid groups is 1. The molecule has 12 nitrogen and oxygen atoms in total. The van der Waals surface area contributed by atoms with Crippen molar-refractivity contribution in [3.05, 3.63) is 24.3 Å². The summed E-state index contributed by atoms with van der Waals surface area (Å²) in [5.41, 5.74) is 5.34. The Kier molecular flexibility index (Phi) is 32.0. The molecule has 1 rings (SSSR count). The highest BCUT2D eigenvalue weighted by atomic mass is 31.2. The van der Waals surface area contributed by atoms with Gasteiger partial charge in [0.15, 0.2) is 6.10 Å². The Labute approximate surface area is 339 Å². The zero-order chi connectivity index (χ0) is 41.3. The van der Waals surface area contributed by atoms with Gasteiger partial charge in [-0.05, 0) is 57.3 Å². The van der Waals surface area contributed by atoms with Crippen LogP contribution in [-0.2, 0) is 32.7 Å². The highest BCUT2D eigenvalue weighted by Crippen LogP contribution is 2.43. The molecule has 1 aliphatic carbocycles. The maximum atomic E-state index is 12.7. The maximum absolute atomic E-state index is 12.7. The van der Waals surface area contributed by atoms with E-state index in [2.05, 4.69) is 26.0 Å². The first kappa shape index (κ1) is 52.4. The highest BCUT2D eigenvalue weighted by molar-refractivity contribution is 7.47. The van der Waals surface area contributed by atoms with Gasteiger partial charge in [-0.3, -0.25) is 18.6 Å². The van der Waals surface area contributed by atoms with Crippen LogP contribution in [0.25, 0.3) is 0 Å². The van der Waals surface area contributed by atoms with Crippen LogP contribution >= 0.6 is 7.82 Å². The molecule has 1 saturated carbocycles. The highest BCUT2D eigenvalue weighted by Gasteiger charge is 2.39. The van der Waals surface area contributed by atoms with Gasteiger partial charge in [-0.25, -0.2) is 4.57 Å². The van der Waals surface area contributed by atoms with Crippen LogP contribution in [0.1, 0.15) is 174 Å². The quantitative estimate of drug-likeness (QED) is 0.0173. The number of hydrogen-bond acceptors (Lipinski definition) is 11. The lowest BCUT2D eigenvalue weighted by Crippen LogP contribution is -2.29. The van der Waals surface area contributed by atoms with Gasteiger partial charge in [0, 0.05) is 31.7 Å². The number of phosphoric ester groups is 1. The summed E-state index contributed by atoms with van der Waals surface area (Å²) < 4.78 is 32.8. The summed E-state index contributed by atoms with van der Waals surface area (Å²) in [7, 11) is -4.44. The van der Waals surface area contributed by atoms with E-state index in [0.29, 0.717) is 25.7 Å². The van der Waals surface area contributed by atoms with Gasteiger partial charge >= 0.3 is 19.8 Å². The molecule has 0 radical (unpaired) electrons. The number of carbonyl (C=O) groups excluding carboxylic acids is 2. The van der Waals surface area contributed by atoms with Crippen LogP contribution < -0.4 is 5.73 Å². The molecular formula is C43H80NO11P. The van der Waals surface area contributed by atoms with Crippen molar-refractivity contribution in [3.8, 4) is 0 Å². The standard InChI is InChI=1S/C43H80NO11P/c1-3-5-7-8-9-10-11-12-13-14-15-16-17-18-23-27-42(48)52-34-37(35-54-56(50,51)53-32-31-44)55-43(49)28-24-20-19-22-26-38-39(41(47)33-40(38)46)30-29-36(45)25-21-6-4-2/h10-11,29-30,36-41,45-47H,3-9,12-28,31-35,44H2,1-2H3,(H,50,51)/b11-10-,30-29+/t36-,37+,38+,39+,40-,41+/m0/s1. The zero-order valence-electron chi connectivity index (χ0n) is 35.0. The van der Waals surface area contributed by atoms with E-state index >= 15 is 0 Å². The van der Waals surface area contributed by atoms with Gasteiger partial charge in [0.2, 0.25) is 0 Å². The van der Waals surface area contributed by atoms with Gasteiger partial charge in [0.25, 0.3) is 0 Å². The molecule has 0 aromatic carbocycles.